The van der Waals surface area contributed by atoms with Crippen molar-refractivity contribution in [3.8, 4) is 11.5 Å². The summed E-state index contributed by atoms with van der Waals surface area (Å²) in [7, 11) is 3.21. The molecule has 2 aromatic rings. The van der Waals surface area contributed by atoms with E-state index in [-0.39, 0.29) is 11.9 Å². The molecule has 1 fully saturated rings. The molecule has 158 valence electrons. The maximum atomic E-state index is 12.6. The van der Waals surface area contributed by atoms with Gasteiger partial charge in [0, 0.05) is 44.1 Å². The lowest BCUT2D eigenvalue weighted by molar-refractivity contribution is -0.126. The van der Waals surface area contributed by atoms with E-state index < -0.39 is 0 Å². The molecule has 2 heterocycles. The molecule has 0 bridgehead atoms. The van der Waals surface area contributed by atoms with E-state index >= 15 is 0 Å². The molecule has 1 aromatic carbocycles. The molecule has 0 spiro atoms. The van der Waals surface area contributed by atoms with Crippen LogP contribution < -0.4 is 14.8 Å². The third kappa shape index (κ3) is 5.85. The highest BCUT2D eigenvalue weighted by atomic mass is 35.5. The van der Waals surface area contributed by atoms with Crippen LogP contribution in [0.3, 0.4) is 0 Å². The van der Waals surface area contributed by atoms with E-state index in [0.717, 1.165) is 42.6 Å². The summed E-state index contributed by atoms with van der Waals surface area (Å²) < 4.78 is 11.4. The number of halogens is 1. The molecule has 3 rings (SSSR count). The first-order valence-corrected chi connectivity index (χ1v) is 10.9. The second-order valence-electron chi connectivity index (χ2n) is 7.10. The number of methoxy groups -OCH3 is 2. The van der Waals surface area contributed by atoms with Crippen LogP contribution in [0.15, 0.2) is 30.3 Å². The minimum absolute atomic E-state index is 0.0401. The molecule has 1 unspecified atom stereocenters. The predicted octanol–water partition coefficient (Wildman–Crippen LogP) is 3.24. The molecule has 1 saturated heterocycles. The van der Waals surface area contributed by atoms with Gasteiger partial charge in [-0.2, -0.15) is 0 Å². The van der Waals surface area contributed by atoms with Crippen molar-refractivity contribution in [3.05, 3.63) is 45.1 Å². The Morgan fingerprint density at radius 3 is 2.48 bits per heavy atom. The number of ether oxygens (including phenoxy) is 2. The fraction of sp³-hybridized carbons (Fsp3) is 0.476. The van der Waals surface area contributed by atoms with E-state index in [1.807, 2.05) is 31.2 Å². The van der Waals surface area contributed by atoms with Gasteiger partial charge in [-0.3, -0.25) is 14.6 Å². The van der Waals surface area contributed by atoms with E-state index in [2.05, 4.69) is 21.2 Å². The summed E-state index contributed by atoms with van der Waals surface area (Å²) in [6.45, 7) is 7.01. The standard InChI is InChI=1S/C21H28ClN3O3S/c1-15(21(26)23-13-16-4-6-18(27-2)19(12-16)28-3)25-10-8-24(9-11-25)14-17-5-7-20(22)29-17/h4-7,12,15H,8-11,13-14H2,1-3H3,(H,23,26). The number of hydrogen-bond acceptors (Lipinski definition) is 6. The van der Waals surface area contributed by atoms with E-state index in [0.29, 0.717) is 18.0 Å². The van der Waals surface area contributed by atoms with Crippen molar-refractivity contribution in [1.29, 1.82) is 0 Å². The second kappa shape index (κ2) is 10.3. The largest absolute Gasteiger partial charge is 0.493 e. The molecule has 1 N–H and O–H groups in total. The maximum absolute atomic E-state index is 12.6. The van der Waals surface area contributed by atoms with E-state index in [1.165, 1.54) is 4.88 Å². The lowest BCUT2D eigenvalue weighted by atomic mass is 10.1. The van der Waals surface area contributed by atoms with Gasteiger partial charge in [0.25, 0.3) is 0 Å². The number of nitrogens with zero attached hydrogens (tertiary/aromatic N) is 2. The van der Waals surface area contributed by atoms with Crippen LogP contribution in [0.2, 0.25) is 4.34 Å². The molecular weight excluding hydrogens is 410 g/mol. The number of carbonyl (C=O) groups is 1. The average Bonchev–Trinajstić information content (AvgIpc) is 3.16. The Morgan fingerprint density at radius 2 is 1.86 bits per heavy atom. The van der Waals surface area contributed by atoms with Gasteiger partial charge in [0.2, 0.25) is 5.91 Å². The van der Waals surface area contributed by atoms with Crippen molar-refractivity contribution in [3.63, 3.8) is 0 Å². The molecule has 1 aromatic heterocycles. The molecule has 0 radical (unpaired) electrons. The van der Waals surface area contributed by atoms with Crippen LogP contribution in [0.5, 0.6) is 11.5 Å². The van der Waals surface area contributed by atoms with Crippen molar-refractivity contribution in [1.82, 2.24) is 15.1 Å². The highest BCUT2D eigenvalue weighted by Gasteiger charge is 2.25. The highest BCUT2D eigenvalue weighted by molar-refractivity contribution is 7.16. The van der Waals surface area contributed by atoms with Crippen LogP contribution in [0.25, 0.3) is 0 Å². The Kier molecular flexibility index (Phi) is 7.77. The lowest BCUT2D eigenvalue weighted by Gasteiger charge is -2.37. The first-order chi connectivity index (χ1) is 14.0. The Balaban J connectivity index is 1.46. The van der Waals surface area contributed by atoms with Crippen molar-refractivity contribution in [2.24, 2.45) is 0 Å². The lowest BCUT2D eigenvalue weighted by Crippen LogP contribution is -2.53. The summed E-state index contributed by atoms with van der Waals surface area (Å²) in [6.07, 6.45) is 0. The Bertz CT molecular complexity index is 821. The number of rotatable bonds is 8. The van der Waals surface area contributed by atoms with Gasteiger partial charge in [-0.05, 0) is 36.8 Å². The molecule has 0 aliphatic carbocycles. The van der Waals surface area contributed by atoms with Crippen molar-refractivity contribution < 1.29 is 14.3 Å². The summed E-state index contributed by atoms with van der Waals surface area (Å²) in [6, 6.07) is 9.55. The van der Waals surface area contributed by atoms with Gasteiger partial charge in [-0.1, -0.05) is 17.7 Å². The minimum Gasteiger partial charge on any atom is -0.493 e. The zero-order chi connectivity index (χ0) is 20.8. The third-order valence-corrected chi connectivity index (χ3v) is 6.47. The molecule has 6 nitrogen and oxygen atoms in total. The molecule has 1 aliphatic rings. The average molecular weight is 438 g/mol. The number of piperazine rings is 1. The van der Waals surface area contributed by atoms with E-state index in [4.69, 9.17) is 21.1 Å². The molecule has 1 amide bonds. The Hall–Kier alpha value is -1.80. The van der Waals surface area contributed by atoms with Crippen LogP contribution in [0, 0.1) is 0 Å². The van der Waals surface area contributed by atoms with Crippen LogP contribution >= 0.6 is 22.9 Å². The fourth-order valence-corrected chi connectivity index (χ4v) is 4.59. The topological polar surface area (TPSA) is 54.0 Å². The number of amides is 1. The van der Waals surface area contributed by atoms with Crippen molar-refractivity contribution >= 4 is 28.8 Å². The highest BCUT2D eigenvalue weighted by Crippen LogP contribution is 2.27. The van der Waals surface area contributed by atoms with Crippen LogP contribution in [0.1, 0.15) is 17.4 Å². The molecule has 8 heteroatoms. The summed E-state index contributed by atoms with van der Waals surface area (Å²) in [5.41, 5.74) is 0.975. The quantitative estimate of drug-likeness (QED) is 0.687. The fourth-order valence-electron chi connectivity index (χ4n) is 3.46. The third-order valence-electron chi connectivity index (χ3n) is 5.26. The molecular formula is C21H28ClN3O3S. The maximum Gasteiger partial charge on any atom is 0.237 e. The van der Waals surface area contributed by atoms with Gasteiger partial charge in [0.05, 0.1) is 24.6 Å². The van der Waals surface area contributed by atoms with E-state index in [9.17, 15) is 4.79 Å². The van der Waals surface area contributed by atoms with Gasteiger partial charge in [0.1, 0.15) is 0 Å². The zero-order valence-electron chi connectivity index (χ0n) is 17.1. The second-order valence-corrected chi connectivity index (χ2v) is 8.90. The van der Waals surface area contributed by atoms with Crippen LogP contribution in [-0.4, -0.2) is 62.1 Å². The van der Waals surface area contributed by atoms with Gasteiger partial charge < -0.3 is 14.8 Å². The SMILES string of the molecule is COc1ccc(CNC(=O)C(C)N2CCN(Cc3ccc(Cl)s3)CC2)cc1OC. The molecule has 1 atom stereocenters. The Morgan fingerprint density at radius 1 is 1.14 bits per heavy atom. The molecule has 0 saturated carbocycles. The summed E-state index contributed by atoms with van der Waals surface area (Å²) >= 11 is 7.65. The normalized spacial score (nSPS) is 16.4. The monoisotopic (exact) mass is 437 g/mol. The van der Waals surface area contributed by atoms with Gasteiger partial charge in [0.15, 0.2) is 11.5 Å². The van der Waals surface area contributed by atoms with Gasteiger partial charge in [-0.15, -0.1) is 11.3 Å². The van der Waals surface area contributed by atoms with Crippen molar-refractivity contribution in [2.75, 3.05) is 40.4 Å². The van der Waals surface area contributed by atoms with E-state index in [1.54, 1.807) is 25.6 Å². The molecule has 29 heavy (non-hydrogen) atoms. The van der Waals surface area contributed by atoms with Crippen molar-refractivity contribution in [2.45, 2.75) is 26.1 Å². The van der Waals surface area contributed by atoms with Gasteiger partial charge in [-0.25, -0.2) is 0 Å². The number of carbonyl (C=O) groups excluding carboxylic acids is 1. The number of hydrogen-bond donors (Lipinski definition) is 1. The summed E-state index contributed by atoms with van der Waals surface area (Å²) in [4.78, 5) is 18.6. The number of benzene rings is 1. The first-order valence-electron chi connectivity index (χ1n) is 9.69. The Labute approximate surface area is 181 Å². The predicted molar refractivity (Wildman–Crippen MR) is 117 cm³/mol. The summed E-state index contributed by atoms with van der Waals surface area (Å²) in [5.74, 6) is 1.38. The number of nitrogens with one attached hydrogen (secondary N) is 1. The number of thiophene rings is 1. The minimum atomic E-state index is -0.159. The smallest absolute Gasteiger partial charge is 0.237 e. The zero-order valence-corrected chi connectivity index (χ0v) is 18.7. The van der Waals surface area contributed by atoms with Crippen LogP contribution in [-0.2, 0) is 17.9 Å². The molecule has 1 aliphatic heterocycles. The van der Waals surface area contributed by atoms with Crippen LogP contribution in [0.4, 0.5) is 0 Å². The summed E-state index contributed by atoms with van der Waals surface area (Å²) in [5, 5.41) is 3.04. The van der Waals surface area contributed by atoms with Gasteiger partial charge >= 0.3 is 0 Å². The first kappa shape index (κ1) is 21.9.